The molecule has 6 heteroatoms. The number of methoxy groups -OCH3 is 1. The zero-order valence-corrected chi connectivity index (χ0v) is 10.3. The number of benzene rings is 1. The monoisotopic (exact) mass is 263 g/mol. The molecule has 0 fully saturated rings. The lowest BCUT2D eigenvalue weighted by Gasteiger charge is -2.17. The van der Waals surface area contributed by atoms with Crippen molar-refractivity contribution in [1.29, 1.82) is 0 Å². The first-order valence-electron chi connectivity index (χ1n) is 5.51. The summed E-state index contributed by atoms with van der Waals surface area (Å²) in [7, 11) is 1.55. The van der Waals surface area contributed by atoms with Crippen molar-refractivity contribution in [2.45, 2.75) is 19.3 Å². The van der Waals surface area contributed by atoms with E-state index in [1.807, 2.05) is 25.1 Å². The zero-order valence-electron chi connectivity index (χ0n) is 10.3. The number of para-hydroxylation sites is 1. The molecule has 1 rings (SSSR count). The van der Waals surface area contributed by atoms with Gasteiger partial charge in [-0.25, -0.2) is 0 Å². The molecule has 0 amide bonds. The predicted molar refractivity (Wildman–Crippen MR) is 61.4 cm³/mol. The van der Waals surface area contributed by atoms with Crippen LogP contribution in [-0.2, 0) is 4.74 Å². The lowest BCUT2D eigenvalue weighted by molar-refractivity contribution is -0.323. The molecule has 0 radical (unpaired) electrons. The van der Waals surface area contributed by atoms with Crippen molar-refractivity contribution in [2.24, 2.45) is 0 Å². The first-order chi connectivity index (χ1) is 8.44. The van der Waals surface area contributed by atoms with Crippen molar-refractivity contribution >= 4 is 0 Å². The number of rotatable bonds is 6. The maximum atomic E-state index is 11.8. The van der Waals surface area contributed by atoms with Gasteiger partial charge in [0.05, 0.1) is 13.7 Å². The van der Waals surface area contributed by atoms with Gasteiger partial charge in [-0.1, -0.05) is 18.2 Å². The van der Waals surface area contributed by atoms with E-state index in [-0.39, 0.29) is 12.6 Å². The van der Waals surface area contributed by atoms with Gasteiger partial charge < -0.3 is 10.1 Å². The van der Waals surface area contributed by atoms with Crippen LogP contribution in [0.4, 0.5) is 13.2 Å². The summed E-state index contributed by atoms with van der Waals surface area (Å²) in [5, 5.41) is 2.94. The van der Waals surface area contributed by atoms with Crippen molar-refractivity contribution in [1.82, 2.24) is 5.32 Å². The molecule has 18 heavy (non-hydrogen) atoms. The molecule has 0 aliphatic heterocycles. The summed E-state index contributed by atoms with van der Waals surface area (Å²) in [6, 6.07) is 7.24. The predicted octanol–water partition coefficient (Wildman–Crippen LogP) is 2.88. The largest absolute Gasteiger partial charge is 0.522 e. The van der Waals surface area contributed by atoms with Crippen LogP contribution >= 0.6 is 0 Å². The summed E-state index contributed by atoms with van der Waals surface area (Å²) >= 11 is 0. The topological polar surface area (TPSA) is 30.5 Å². The van der Waals surface area contributed by atoms with Gasteiger partial charge >= 0.3 is 6.36 Å². The lowest BCUT2D eigenvalue weighted by atomic mass is 10.1. The highest BCUT2D eigenvalue weighted by Gasteiger charge is 2.28. The van der Waals surface area contributed by atoms with E-state index in [2.05, 4.69) is 10.1 Å². The second-order valence-corrected chi connectivity index (χ2v) is 3.71. The molecule has 1 atom stereocenters. The standard InChI is InChI=1S/C12H16F3NO2/c1-9(16-7-8-18-12(13,14)15)10-5-3-4-6-11(10)17-2/h3-6,9,16H,7-8H2,1-2H3/t9-/m0/s1. The average Bonchev–Trinajstić information content (AvgIpc) is 2.33. The molecule has 0 aliphatic carbocycles. The van der Waals surface area contributed by atoms with Crippen molar-refractivity contribution < 1.29 is 22.6 Å². The van der Waals surface area contributed by atoms with Gasteiger partial charge in [-0.3, -0.25) is 4.74 Å². The maximum Gasteiger partial charge on any atom is 0.522 e. The van der Waals surface area contributed by atoms with Gasteiger partial charge in [0, 0.05) is 18.2 Å². The molecule has 1 aromatic carbocycles. The number of hydrogen-bond donors (Lipinski definition) is 1. The number of nitrogens with one attached hydrogen (secondary N) is 1. The molecular weight excluding hydrogens is 247 g/mol. The highest BCUT2D eigenvalue weighted by atomic mass is 19.4. The van der Waals surface area contributed by atoms with Gasteiger partial charge in [-0.05, 0) is 13.0 Å². The Bertz CT molecular complexity index is 369. The van der Waals surface area contributed by atoms with Crippen LogP contribution in [-0.4, -0.2) is 26.6 Å². The van der Waals surface area contributed by atoms with Crippen LogP contribution < -0.4 is 10.1 Å². The van der Waals surface area contributed by atoms with Gasteiger partial charge in [-0.2, -0.15) is 0 Å². The van der Waals surface area contributed by atoms with Crippen molar-refractivity contribution in [3.05, 3.63) is 29.8 Å². The molecule has 1 N–H and O–H groups in total. The van der Waals surface area contributed by atoms with Crippen molar-refractivity contribution in [3.63, 3.8) is 0 Å². The normalized spacial score (nSPS) is 13.4. The Kier molecular flexibility index (Phi) is 5.43. The van der Waals surface area contributed by atoms with Crippen molar-refractivity contribution in [2.75, 3.05) is 20.3 Å². The summed E-state index contributed by atoms with van der Waals surface area (Å²) in [5.74, 6) is 0.703. The van der Waals surface area contributed by atoms with E-state index in [1.165, 1.54) is 0 Å². The Morgan fingerprint density at radius 3 is 2.56 bits per heavy atom. The summed E-state index contributed by atoms with van der Waals surface area (Å²) in [6.45, 7) is 1.55. The van der Waals surface area contributed by atoms with Gasteiger partial charge in [0.25, 0.3) is 0 Å². The number of halogens is 3. The average molecular weight is 263 g/mol. The molecule has 0 aromatic heterocycles. The molecule has 0 saturated heterocycles. The Balaban J connectivity index is 2.43. The fourth-order valence-electron chi connectivity index (χ4n) is 1.58. The minimum absolute atomic E-state index is 0.110. The van der Waals surface area contributed by atoms with Crippen LogP contribution in [0.5, 0.6) is 5.75 Å². The summed E-state index contributed by atoms with van der Waals surface area (Å²) < 4.78 is 44.1. The molecule has 0 spiro atoms. The smallest absolute Gasteiger partial charge is 0.496 e. The lowest BCUT2D eigenvalue weighted by Crippen LogP contribution is -2.26. The Hall–Kier alpha value is -1.27. The van der Waals surface area contributed by atoms with Crippen LogP contribution in [0.15, 0.2) is 24.3 Å². The third-order valence-electron chi connectivity index (χ3n) is 2.42. The number of ether oxygens (including phenoxy) is 2. The van der Waals surface area contributed by atoms with Crippen molar-refractivity contribution in [3.8, 4) is 5.75 Å². The number of alkyl halides is 3. The quantitative estimate of drug-likeness (QED) is 0.800. The minimum atomic E-state index is -4.57. The van der Waals surface area contributed by atoms with Gasteiger partial charge in [0.1, 0.15) is 5.75 Å². The Morgan fingerprint density at radius 2 is 1.94 bits per heavy atom. The molecular formula is C12H16F3NO2. The fraction of sp³-hybridized carbons (Fsp3) is 0.500. The molecule has 1 aromatic rings. The summed E-state index contributed by atoms with van der Waals surface area (Å²) in [5.41, 5.74) is 0.895. The van der Waals surface area contributed by atoms with Crippen LogP contribution in [0, 0.1) is 0 Å². The third-order valence-corrected chi connectivity index (χ3v) is 2.42. The molecule has 0 unspecified atom stereocenters. The van der Waals surface area contributed by atoms with E-state index in [0.29, 0.717) is 5.75 Å². The molecule has 0 aliphatic rings. The van der Waals surface area contributed by atoms with Crippen LogP contribution in [0.2, 0.25) is 0 Å². The minimum Gasteiger partial charge on any atom is -0.496 e. The van der Waals surface area contributed by atoms with Gasteiger partial charge in [-0.15, -0.1) is 13.2 Å². The molecule has 3 nitrogen and oxygen atoms in total. The summed E-state index contributed by atoms with van der Waals surface area (Å²) in [4.78, 5) is 0. The van der Waals surface area contributed by atoms with E-state index in [0.717, 1.165) is 5.56 Å². The van der Waals surface area contributed by atoms with Crippen LogP contribution in [0.3, 0.4) is 0 Å². The Morgan fingerprint density at radius 1 is 1.28 bits per heavy atom. The fourth-order valence-corrected chi connectivity index (χ4v) is 1.58. The van der Waals surface area contributed by atoms with Crippen LogP contribution in [0.25, 0.3) is 0 Å². The van der Waals surface area contributed by atoms with E-state index >= 15 is 0 Å². The Labute approximate surface area is 104 Å². The molecule has 0 heterocycles. The second kappa shape index (κ2) is 6.61. The zero-order chi connectivity index (χ0) is 13.6. The first-order valence-corrected chi connectivity index (χ1v) is 5.51. The molecule has 102 valence electrons. The van der Waals surface area contributed by atoms with E-state index in [4.69, 9.17) is 4.74 Å². The SMILES string of the molecule is COc1ccccc1[C@H](C)NCCOC(F)(F)F. The van der Waals surface area contributed by atoms with E-state index in [9.17, 15) is 13.2 Å². The maximum absolute atomic E-state index is 11.8. The van der Waals surface area contributed by atoms with Gasteiger partial charge in [0.15, 0.2) is 0 Å². The number of hydrogen-bond acceptors (Lipinski definition) is 3. The third kappa shape index (κ3) is 4.93. The van der Waals surface area contributed by atoms with E-state index in [1.54, 1.807) is 13.2 Å². The molecule has 0 saturated carbocycles. The van der Waals surface area contributed by atoms with E-state index < -0.39 is 13.0 Å². The highest BCUT2D eigenvalue weighted by Crippen LogP contribution is 2.24. The molecule has 0 bridgehead atoms. The first kappa shape index (κ1) is 14.8. The van der Waals surface area contributed by atoms with Crippen LogP contribution in [0.1, 0.15) is 18.5 Å². The highest BCUT2D eigenvalue weighted by molar-refractivity contribution is 5.35. The summed E-state index contributed by atoms with van der Waals surface area (Å²) in [6.07, 6.45) is -4.57. The van der Waals surface area contributed by atoms with Gasteiger partial charge in [0.2, 0.25) is 0 Å². The second-order valence-electron chi connectivity index (χ2n) is 3.71.